The molecule has 0 aliphatic carbocycles. The Kier molecular flexibility index (Phi) is 5.59. The average Bonchev–Trinajstić information content (AvgIpc) is 2.52. The molecule has 0 radical (unpaired) electrons. The number of hydrogen-bond acceptors (Lipinski definition) is 3. The maximum Gasteiger partial charge on any atom is 0.210 e. The van der Waals surface area contributed by atoms with Crippen molar-refractivity contribution >= 4 is 17.8 Å². The number of benzene rings is 1. The van der Waals surface area contributed by atoms with Crippen molar-refractivity contribution in [3.63, 3.8) is 0 Å². The quantitative estimate of drug-likeness (QED) is 0.856. The zero-order valence-electron chi connectivity index (χ0n) is 13.5. The number of pyridine rings is 1. The topological polar surface area (TPSA) is 36.4 Å². The molecule has 0 fully saturated rings. The summed E-state index contributed by atoms with van der Waals surface area (Å²) < 4.78 is 0. The van der Waals surface area contributed by atoms with Crippen LogP contribution in [0.2, 0.25) is 0 Å². The van der Waals surface area contributed by atoms with Crippen LogP contribution >= 0.6 is 0 Å². The molecular formula is C19H24N2O. The molecule has 0 unspecified atom stereocenters. The van der Waals surface area contributed by atoms with Gasteiger partial charge in [-0.25, -0.2) is 4.98 Å². The molecule has 1 N–H and O–H groups in total. The van der Waals surface area contributed by atoms with Crippen LogP contribution in [0.25, 0.3) is 12.2 Å². The van der Waals surface area contributed by atoms with Gasteiger partial charge in [-0.05, 0) is 41.7 Å². The Labute approximate surface area is 132 Å². The maximum atomic E-state index is 9.16. The van der Waals surface area contributed by atoms with E-state index >= 15 is 0 Å². The van der Waals surface area contributed by atoms with Gasteiger partial charge in [0.05, 0.1) is 0 Å². The summed E-state index contributed by atoms with van der Waals surface area (Å²) >= 11 is 0. The molecule has 0 aliphatic heterocycles. The summed E-state index contributed by atoms with van der Waals surface area (Å²) in [4.78, 5) is 6.15. The van der Waals surface area contributed by atoms with Crippen LogP contribution in [0.5, 0.6) is 5.88 Å². The molecule has 0 saturated carbocycles. The minimum atomic E-state index is 0.0472. The zero-order valence-corrected chi connectivity index (χ0v) is 13.5. The first-order valence-corrected chi connectivity index (χ1v) is 7.69. The van der Waals surface area contributed by atoms with Crippen LogP contribution in [-0.2, 0) is 0 Å². The molecule has 0 saturated heterocycles. The van der Waals surface area contributed by atoms with E-state index in [0.29, 0.717) is 0 Å². The normalized spacial score (nSPS) is 11.3. The molecule has 2 rings (SSSR count). The van der Waals surface area contributed by atoms with E-state index in [1.165, 1.54) is 12.1 Å². The fourth-order valence-electron chi connectivity index (χ4n) is 2.11. The molecule has 0 amide bonds. The Balaban J connectivity index is 1.98. The van der Waals surface area contributed by atoms with E-state index in [9.17, 15) is 0 Å². The SMILES string of the molecule is CC(C)CCN(C)c1ccc(/C=C/c2ccc(O)nc2)cc1. The van der Waals surface area contributed by atoms with Gasteiger partial charge in [0.25, 0.3) is 0 Å². The highest BCUT2D eigenvalue weighted by molar-refractivity contribution is 5.70. The second-order valence-corrected chi connectivity index (χ2v) is 5.98. The molecule has 22 heavy (non-hydrogen) atoms. The fraction of sp³-hybridized carbons (Fsp3) is 0.316. The second-order valence-electron chi connectivity index (χ2n) is 5.98. The van der Waals surface area contributed by atoms with Gasteiger partial charge in [0.2, 0.25) is 5.88 Å². The van der Waals surface area contributed by atoms with Crippen LogP contribution in [0, 0.1) is 5.92 Å². The van der Waals surface area contributed by atoms with Crippen LogP contribution in [0.4, 0.5) is 5.69 Å². The van der Waals surface area contributed by atoms with Gasteiger partial charge in [0, 0.05) is 31.5 Å². The molecular weight excluding hydrogens is 272 g/mol. The minimum Gasteiger partial charge on any atom is -0.493 e. The van der Waals surface area contributed by atoms with Crippen molar-refractivity contribution in [3.8, 4) is 5.88 Å². The molecule has 1 aromatic carbocycles. The summed E-state index contributed by atoms with van der Waals surface area (Å²) in [5.74, 6) is 0.773. The minimum absolute atomic E-state index is 0.0472. The Bertz CT molecular complexity index is 600. The van der Waals surface area contributed by atoms with Crippen LogP contribution in [-0.4, -0.2) is 23.7 Å². The molecule has 3 nitrogen and oxygen atoms in total. The first-order valence-electron chi connectivity index (χ1n) is 7.69. The summed E-state index contributed by atoms with van der Waals surface area (Å²) in [5.41, 5.74) is 3.36. The largest absolute Gasteiger partial charge is 0.493 e. The van der Waals surface area contributed by atoms with Gasteiger partial charge in [-0.2, -0.15) is 0 Å². The maximum absolute atomic E-state index is 9.16. The molecule has 1 heterocycles. The summed E-state index contributed by atoms with van der Waals surface area (Å²) in [6.45, 7) is 5.58. The van der Waals surface area contributed by atoms with Crippen molar-refractivity contribution in [3.05, 3.63) is 53.7 Å². The molecule has 0 bridgehead atoms. The highest BCUT2D eigenvalue weighted by Crippen LogP contribution is 2.17. The van der Waals surface area contributed by atoms with E-state index in [1.807, 2.05) is 18.2 Å². The van der Waals surface area contributed by atoms with E-state index in [1.54, 1.807) is 12.3 Å². The van der Waals surface area contributed by atoms with Crippen LogP contribution < -0.4 is 4.90 Å². The van der Waals surface area contributed by atoms with Crippen molar-refractivity contribution in [1.29, 1.82) is 0 Å². The number of rotatable bonds is 6. The van der Waals surface area contributed by atoms with E-state index in [0.717, 1.165) is 23.6 Å². The average molecular weight is 296 g/mol. The van der Waals surface area contributed by atoms with Gasteiger partial charge in [0.15, 0.2) is 0 Å². The Morgan fingerprint density at radius 3 is 2.27 bits per heavy atom. The van der Waals surface area contributed by atoms with Crippen LogP contribution in [0.3, 0.4) is 0 Å². The lowest BCUT2D eigenvalue weighted by atomic mass is 10.1. The highest BCUT2D eigenvalue weighted by atomic mass is 16.3. The van der Waals surface area contributed by atoms with E-state index < -0.39 is 0 Å². The van der Waals surface area contributed by atoms with E-state index in [-0.39, 0.29) is 5.88 Å². The molecule has 0 atom stereocenters. The summed E-state index contributed by atoms with van der Waals surface area (Å²) in [6, 6.07) is 12.0. The Morgan fingerprint density at radius 2 is 1.68 bits per heavy atom. The molecule has 1 aromatic heterocycles. The van der Waals surface area contributed by atoms with Crippen LogP contribution in [0.1, 0.15) is 31.4 Å². The zero-order chi connectivity index (χ0) is 15.9. The first kappa shape index (κ1) is 16.1. The van der Waals surface area contributed by atoms with Crippen molar-refractivity contribution in [2.24, 2.45) is 5.92 Å². The van der Waals surface area contributed by atoms with E-state index in [2.05, 4.69) is 55.0 Å². The smallest absolute Gasteiger partial charge is 0.210 e. The van der Waals surface area contributed by atoms with Gasteiger partial charge >= 0.3 is 0 Å². The lowest BCUT2D eigenvalue weighted by Gasteiger charge is -2.20. The van der Waals surface area contributed by atoms with Crippen LogP contribution in [0.15, 0.2) is 42.6 Å². The number of aromatic hydroxyl groups is 1. The van der Waals surface area contributed by atoms with E-state index in [4.69, 9.17) is 5.11 Å². The Morgan fingerprint density at radius 1 is 1.05 bits per heavy atom. The van der Waals surface area contributed by atoms with Gasteiger partial charge in [-0.1, -0.05) is 38.1 Å². The third-order valence-electron chi connectivity index (χ3n) is 3.61. The van der Waals surface area contributed by atoms with Gasteiger partial charge in [-0.3, -0.25) is 0 Å². The third-order valence-corrected chi connectivity index (χ3v) is 3.61. The van der Waals surface area contributed by atoms with Crippen molar-refractivity contribution in [2.75, 3.05) is 18.5 Å². The summed E-state index contributed by atoms with van der Waals surface area (Å²) in [7, 11) is 2.13. The monoisotopic (exact) mass is 296 g/mol. The number of aromatic nitrogens is 1. The molecule has 0 aliphatic rings. The van der Waals surface area contributed by atoms with Gasteiger partial charge in [-0.15, -0.1) is 0 Å². The number of hydrogen-bond donors (Lipinski definition) is 1. The summed E-state index contributed by atoms with van der Waals surface area (Å²) in [6.07, 6.45) is 6.89. The lowest BCUT2D eigenvalue weighted by Crippen LogP contribution is -2.19. The molecule has 3 heteroatoms. The van der Waals surface area contributed by atoms with Crippen molar-refractivity contribution in [1.82, 2.24) is 4.98 Å². The van der Waals surface area contributed by atoms with Crippen molar-refractivity contribution in [2.45, 2.75) is 20.3 Å². The lowest BCUT2D eigenvalue weighted by molar-refractivity contribution is 0.453. The van der Waals surface area contributed by atoms with Gasteiger partial charge in [0.1, 0.15) is 0 Å². The number of nitrogens with zero attached hydrogens (tertiary/aromatic N) is 2. The molecule has 2 aromatic rings. The third kappa shape index (κ3) is 4.92. The van der Waals surface area contributed by atoms with Crippen molar-refractivity contribution < 1.29 is 5.11 Å². The predicted octanol–water partition coefficient (Wildman–Crippen LogP) is 4.44. The molecule has 0 spiro atoms. The summed E-state index contributed by atoms with van der Waals surface area (Å²) in [5, 5.41) is 9.16. The predicted molar refractivity (Wildman–Crippen MR) is 94.0 cm³/mol. The Hall–Kier alpha value is -2.29. The fourth-order valence-corrected chi connectivity index (χ4v) is 2.11. The molecule has 116 valence electrons. The first-order chi connectivity index (χ1) is 10.5. The highest BCUT2D eigenvalue weighted by Gasteiger charge is 2.02. The second kappa shape index (κ2) is 7.64. The van der Waals surface area contributed by atoms with Gasteiger partial charge < -0.3 is 10.0 Å². The standard InChI is InChI=1S/C19H24N2O/c1-15(2)12-13-21(3)18-9-6-16(7-10-18)4-5-17-8-11-19(22)20-14-17/h4-11,14-15H,12-13H2,1-3H3,(H,20,22)/b5-4+. The number of anilines is 1.